The first kappa shape index (κ1) is 18.1. The highest BCUT2D eigenvalue weighted by Crippen LogP contribution is 2.26. The molecule has 2 heterocycles. The van der Waals surface area contributed by atoms with E-state index in [0.29, 0.717) is 5.82 Å². The number of carbonyl (C=O) groups is 1. The molecule has 0 saturated carbocycles. The molecule has 0 radical (unpaired) electrons. The number of nitro benzene ring substituents is 1. The van der Waals surface area contributed by atoms with Gasteiger partial charge in [-0.2, -0.15) is 4.98 Å². The van der Waals surface area contributed by atoms with Crippen molar-refractivity contribution in [1.82, 2.24) is 10.1 Å². The van der Waals surface area contributed by atoms with Gasteiger partial charge in [-0.3, -0.25) is 14.9 Å². The van der Waals surface area contributed by atoms with Gasteiger partial charge in [0.1, 0.15) is 5.25 Å². The first-order valence-electron chi connectivity index (χ1n) is 7.47. The van der Waals surface area contributed by atoms with Crippen LogP contribution in [0.5, 0.6) is 0 Å². The van der Waals surface area contributed by atoms with E-state index in [1.54, 1.807) is 19.1 Å². The van der Waals surface area contributed by atoms with Crippen molar-refractivity contribution < 1.29 is 19.0 Å². The molecule has 0 aliphatic heterocycles. The number of nitrogens with zero attached hydrogens (tertiary/aromatic N) is 3. The number of hydrogen-bond donors (Lipinski definition) is 0. The van der Waals surface area contributed by atoms with E-state index >= 15 is 0 Å². The van der Waals surface area contributed by atoms with E-state index in [4.69, 9.17) is 9.26 Å². The van der Waals surface area contributed by atoms with Gasteiger partial charge in [0, 0.05) is 17.0 Å². The summed E-state index contributed by atoms with van der Waals surface area (Å²) in [7, 11) is 0. The number of benzene rings is 1. The SMILES string of the molecule is CC(Sc1ccc([N+](=O)[O-])cc1)C(=O)OCc1nc(-c2cccs2)no1. The average molecular weight is 391 g/mol. The van der Waals surface area contributed by atoms with E-state index in [9.17, 15) is 14.9 Å². The molecule has 1 atom stereocenters. The van der Waals surface area contributed by atoms with Crippen molar-refractivity contribution in [2.24, 2.45) is 0 Å². The Hall–Kier alpha value is -2.72. The molecule has 0 fully saturated rings. The normalized spacial score (nSPS) is 11.9. The Morgan fingerprint density at radius 3 is 2.81 bits per heavy atom. The molecule has 134 valence electrons. The molecular formula is C16H13N3O5S2. The number of thiophene rings is 1. The van der Waals surface area contributed by atoms with E-state index in [2.05, 4.69) is 10.1 Å². The number of carbonyl (C=O) groups excluding carboxylic acids is 1. The van der Waals surface area contributed by atoms with Gasteiger partial charge >= 0.3 is 5.97 Å². The third kappa shape index (κ3) is 4.46. The number of non-ortho nitro benzene ring substituents is 1. The maximum Gasteiger partial charge on any atom is 0.319 e. The topological polar surface area (TPSA) is 108 Å². The van der Waals surface area contributed by atoms with Crippen molar-refractivity contribution in [2.75, 3.05) is 0 Å². The number of esters is 1. The monoisotopic (exact) mass is 391 g/mol. The minimum atomic E-state index is -0.490. The Kier molecular flexibility index (Phi) is 5.64. The number of aromatic nitrogens is 2. The second kappa shape index (κ2) is 8.11. The van der Waals surface area contributed by atoms with Crippen LogP contribution >= 0.6 is 23.1 Å². The van der Waals surface area contributed by atoms with Crippen LogP contribution in [0.3, 0.4) is 0 Å². The Labute approximate surface area is 156 Å². The first-order valence-corrected chi connectivity index (χ1v) is 9.23. The molecular weight excluding hydrogens is 378 g/mol. The predicted octanol–water partition coefficient (Wildman–Crippen LogP) is 3.93. The zero-order chi connectivity index (χ0) is 18.5. The third-order valence-corrected chi connectivity index (χ3v) is 5.20. The second-order valence-corrected chi connectivity index (χ2v) is 7.47. The molecule has 0 saturated heterocycles. The van der Waals surface area contributed by atoms with Gasteiger partial charge in [-0.25, -0.2) is 0 Å². The predicted molar refractivity (Wildman–Crippen MR) is 95.8 cm³/mol. The Bertz CT molecular complexity index is 893. The van der Waals surface area contributed by atoms with E-state index < -0.39 is 16.1 Å². The largest absolute Gasteiger partial charge is 0.455 e. The molecule has 3 aromatic rings. The Morgan fingerprint density at radius 1 is 1.38 bits per heavy atom. The minimum absolute atomic E-state index is 0.00233. The van der Waals surface area contributed by atoms with Crippen LogP contribution in [-0.4, -0.2) is 26.3 Å². The number of rotatable bonds is 7. The molecule has 0 spiro atoms. The van der Waals surface area contributed by atoms with Crippen molar-refractivity contribution in [3.63, 3.8) is 0 Å². The fourth-order valence-corrected chi connectivity index (χ4v) is 3.48. The van der Waals surface area contributed by atoms with Gasteiger partial charge in [0.15, 0.2) is 6.61 Å². The molecule has 2 aromatic heterocycles. The van der Waals surface area contributed by atoms with E-state index in [1.165, 1.54) is 35.2 Å². The molecule has 10 heteroatoms. The smallest absolute Gasteiger partial charge is 0.319 e. The Balaban J connectivity index is 1.52. The van der Waals surface area contributed by atoms with Crippen LogP contribution in [0.1, 0.15) is 12.8 Å². The van der Waals surface area contributed by atoms with Gasteiger partial charge in [0.25, 0.3) is 11.6 Å². The third-order valence-electron chi connectivity index (χ3n) is 3.24. The van der Waals surface area contributed by atoms with Gasteiger partial charge in [0.05, 0.1) is 9.80 Å². The summed E-state index contributed by atoms with van der Waals surface area (Å²) < 4.78 is 10.3. The van der Waals surface area contributed by atoms with Crippen molar-refractivity contribution in [2.45, 2.75) is 23.7 Å². The maximum absolute atomic E-state index is 12.1. The van der Waals surface area contributed by atoms with Crippen LogP contribution in [0, 0.1) is 10.1 Å². The minimum Gasteiger partial charge on any atom is -0.455 e. The zero-order valence-electron chi connectivity index (χ0n) is 13.5. The molecule has 0 bridgehead atoms. The lowest BCUT2D eigenvalue weighted by Gasteiger charge is -2.09. The lowest BCUT2D eigenvalue weighted by molar-refractivity contribution is -0.384. The van der Waals surface area contributed by atoms with E-state index in [1.807, 2.05) is 17.5 Å². The molecule has 0 aliphatic carbocycles. The summed E-state index contributed by atoms with van der Waals surface area (Å²) >= 11 is 2.73. The highest BCUT2D eigenvalue weighted by Gasteiger charge is 2.18. The standard InChI is InChI=1S/C16H13N3O5S2/c1-10(26-12-6-4-11(5-7-12)19(21)22)16(20)23-9-14-17-15(18-24-14)13-3-2-8-25-13/h2-8,10H,9H2,1H3. The summed E-state index contributed by atoms with van der Waals surface area (Å²) in [6.45, 7) is 1.58. The van der Waals surface area contributed by atoms with Crippen LogP contribution in [0.15, 0.2) is 51.2 Å². The number of hydrogen-bond acceptors (Lipinski definition) is 9. The lowest BCUT2D eigenvalue weighted by atomic mass is 10.3. The highest BCUT2D eigenvalue weighted by atomic mass is 32.2. The summed E-state index contributed by atoms with van der Waals surface area (Å²) in [6.07, 6.45) is 0. The Morgan fingerprint density at radius 2 is 2.15 bits per heavy atom. The van der Waals surface area contributed by atoms with Gasteiger partial charge in [0.2, 0.25) is 5.82 Å². The molecule has 1 aromatic carbocycles. The number of ether oxygens (including phenoxy) is 1. The molecule has 1 unspecified atom stereocenters. The summed E-state index contributed by atoms with van der Waals surface area (Å²) in [4.78, 5) is 28.0. The van der Waals surface area contributed by atoms with Crippen molar-refractivity contribution in [3.05, 3.63) is 57.8 Å². The van der Waals surface area contributed by atoms with Crippen molar-refractivity contribution in [1.29, 1.82) is 0 Å². The molecule has 8 nitrogen and oxygen atoms in total. The van der Waals surface area contributed by atoms with Crippen LogP contribution in [0.25, 0.3) is 10.7 Å². The quantitative estimate of drug-likeness (QED) is 0.258. The first-order chi connectivity index (χ1) is 12.5. The van der Waals surface area contributed by atoms with Crippen molar-refractivity contribution >= 4 is 34.8 Å². The van der Waals surface area contributed by atoms with Crippen molar-refractivity contribution in [3.8, 4) is 10.7 Å². The van der Waals surface area contributed by atoms with Gasteiger partial charge < -0.3 is 9.26 Å². The van der Waals surface area contributed by atoms with Crippen LogP contribution < -0.4 is 0 Å². The lowest BCUT2D eigenvalue weighted by Crippen LogP contribution is -2.16. The van der Waals surface area contributed by atoms with Gasteiger partial charge in [-0.1, -0.05) is 11.2 Å². The second-order valence-electron chi connectivity index (χ2n) is 5.11. The van der Waals surface area contributed by atoms with Crippen LogP contribution in [-0.2, 0) is 16.1 Å². The summed E-state index contributed by atoms with van der Waals surface area (Å²) in [5.41, 5.74) is 0.00233. The number of thioether (sulfide) groups is 1. The molecule has 26 heavy (non-hydrogen) atoms. The maximum atomic E-state index is 12.1. The number of nitro groups is 1. The fraction of sp³-hybridized carbons (Fsp3) is 0.188. The van der Waals surface area contributed by atoms with Gasteiger partial charge in [-0.05, 0) is 30.5 Å². The van der Waals surface area contributed by atoms with Gasteiger partial charge in [-0.15, -0.1) is 23.1 Å². The van der Waals surface area contributed by atoms with Crippen LogP contribution in [0.4, 0.5) is 5.69 Å². The zero-order valence-corrected chi connectivity index (χ0v) is 15.2. The average Bonchev–Trinajstić information content (AvgIpc) is 3.31. The summed E-state index contributed by atoms with van der Waals surface area (Å²) in [5.74, 6) is 0.234. The summed E-state index contributed by atoms with van der Waals surface area (Å²) in [6, 6.07) is 9.73. The highest BCUT2D eigenvalue weighted by molar-refractivity contribution is 8.00. The molecule has 0 N–H and O–H groups in total. The molecule has 0 amide bonds. The summed E-state index contributed by atoms with van der Waals surface area (Å²) in [5, 5.41) is 15.9. The molecule has 0 aliphatic rings. The van der Waals surface area contributed by atoms with E-state index in [-0.39, 0.29) is 18.2 Å². The van der Waals surface area contributed by atoms with Crippen LogP contribution in [0.2, 0.25) is 0 Å². The van der Waals surface area contributed by atoms with E-state index in [0.717, 1.165) is 9.77 Å². The molecule has 3 rings (SSSR count). The fourth-order valence-electron chi connectivity index (χ4n) is 1.97.